The van der Waals surface area contributed by atoms with E-state index in [-0.39, 0.29) is 10.9 Å². The molecule has 0 heterocycles. The minimum Gasteiger partial charge on any atom is -0.397 e. The number of thioether (sulfide) groups is 1. The molecule has 5 nitrogen and oxygen atoms in total. The quantitative estimate of drug-likeness (QED) is 0.689. The molecule has 0 aromatic heterocycles. The van der Waals surface area contributed by atoms with E-state index in [1.54, 1.807) is 17.8 Å². The van der Waals surface area contributed by atoms with Gasteiger partial charge in [0.2, 0.25) is 10.0 Å². The zero-order chi connectivity index (χ0) is 13.8. The van der Waals surface area contributed by atoms with E-state index in [1.165, 1.54) is 12.1 Å². The fourth-order valence-corrected chi connectivity index (χ4v) is 2.65. The average Bonchev–Trinajstić information content (AvgIpc) is 2.28. The monoisotopic (exact) mass is 289 g/mol. The van der Waals surface area contributed by atoms with Crippen molar-refractivity contribution < 1.29 is 8.42 Å². The van der Waals surface area contributed by atoms with Crippen molar-refractivity contribution in [1.82, 2.24) is 0 Å². The van der Waals surface area contributed by atoms with Gasteiger partial charge in [0.05, 0.1) is 16.3 Å². The third kappa shape index (κ3) is 4.40. The van der Waals surface area contributed by atoms with E-state index in [0.717, 1.165) is 11.5 Å². The number of nitrogens with one attached hydrogen (secondary N) is 1. The van der Waals surface area contributed by atoms with E-state index in [4.69, 9.17) is 10.9 Å². The van der Waals surface area contributed by atoms with Gasteiger partial charge in [0.25, 0.3) is 0 Å². The molecule has 0 amide bonds. The maximum atomic E-state index is 11.3. The topological polar surface area (TPSA) is 98.2 Å². The summed E-state index contributed by atoms with van der Waals surface area (Å²) in [5.74, 6) is 1.97. The highest BCUT2D eigenvalue weighted by atomic mass is 32.2. The van der Waals surface area contributed by atoms with E-state index >= 15 is 0 Å². The summed E-state index contributed by atoms with van der Waals surface area (Å²) in [6.45, 7) is 4.11. The van der Waals surface area contributed by atoms with Gasteiger partial charge >= 0.3 is 0 Å². The lowest BCUT2D eigenvalue weighted by atomic mass is 10.2. The van der Waals surface area contributed by atoms with Crippen LogP contribution in [0.15, 0.2) is 23.1 Å². The number of hydrogen-bond donors (Lipinski definition) is 3. The zero-order valence-electron chi connectivity index (χ0n) is 10.5. The van der Waals surface area contributed by atoms with Crippen molar-refractivity contribution in [2.45, 2.75) is 24.8 Å². The van der Waals surface area contributed by atoms with Crippen molar-refractivity contribution in [3.05, 3.63) is 18.2 Å². The molecule has 0 bridgehead atoms. The predicted octanol–water partition coefficient (Wildman–Crippen LogP) is 1.47. The summed E-state index contributed by atoms with van der Waals surface area (Å²) in [5.41, 5.74) is 6.92. The number of nitrogen functional groups attached to an aromatic ring is 1. The molecule has 0 aliphatic rings. The molecule has 7 heteroatoms. The minimum atomic E-state index is -3.70. The number of nitrogens with two attached hydrogens (primary N) is 2. The Morgan fingerprint density at radius 3 is 2.67 bits per heavy atom. The zero-order valence-corrected chi connectivity index (χ0v) is 12.1. The second-order valence-corrected chi connectivity index (χ2v) is 6.88. The molecule has 102 valence electrons. The summed E-state index contributed by atoms with van der Waals surface area (Å²) >= 11 is 1.80. The Kier molecular flexibility index (Phi) is 5.30. The molecular formula is C11H19N3O2S2. The van der Waals surface area contributed by atoms with Gasteiger partial charge in [0, 0.05) is 11.8 Å². The maximum absolute atomic E-state index is 11.3. The molecule has 18 heavy (non-hydrogen) atoms. The van der Waals surface area contributed by atoms with Crippen LogP contribution in [0.2, 0.25) is 0 Å². The lowest BCUT2D eigenvalue weighted by Crippen LogP contribution is -2.20. The molecule has 0 saturated carbocycles. The largest absolute Gasteiger partial charge is 0.397 e. The lowest BCUT2D eigenvalue weighted by Gasteiger charge is -2.16. The summed E-state index contributed by atoms with van der Waals surface area (Å²) in [6, 6.07) is 4.62. The molecule has 0 saturated heterocycles. The Morgan fingerprint density at radius 2 is 2.11 bits per heavy atom. The first-order valence-corrected chi connectivity index (χ1v) is 8.31. The molecule has 0 aliphatic heterocycles. The molecule has 1 aromatic carbocycles. The smallest absolute Gasteiger partial charge is 0.238 e. The molecule has 1 aromatic rings. The van der Waals surface area contributed by atoms with E-state index in [1.807, 2.05) is 6.92 Å². The van der Waals surface area contributed by atoms with Crippen molar-refractivity contribution in [2.24, 2.45) is 5.14 Å². The van der Waals surface area contributed by atoms with Crippen LogP contribution in [0.4, 0.5) is 11.4 Å². The predicted molar refractivity (Wildman–Crippen MR) is 78.3 cm³/mol. The van der Waals surface area contributed by atoms with Crippen LogP contribution >= 0.6 is 11.8 Å². The first kappa shape index (κ1) is 15.1. The molecule has 1 rings (SSSR count). The first-order chi connectivity index (χ1) is 8.34. The van der Waals surface area contributed by atoms with E-state index in [2.05, 4.69) is 12.2 Å². The SMILES string of the molecule is CCSCC(C)Nc1cc(S(N)(=O)=O)ccc1N. The highest BCUT2D eigenvalue weighted by molar-refractivity contribution is 7.99. The Hall–Kier alpha value is -0.920. The Labute approximate surface area is 112 Å². The van der Waals surface area contributed by atoms with Gasteiger partial charge < -0.3 is 11.1 Å². The fraction of sp³-hybridized carbons (Fsp3) is 0.455. The van der Waals surface area contributed by atoms with Gasteiger partial charge in [-0.05, 0) is 30.9 Å². The maximum Gasteiger partial charge on any atom is 0.238 e. The molecular weight excluding hydrogens is 270 g/mol. The van der Waals surface area contributed by atoms with Crippen molar-refractivity contribution in [1.29, 1.82) is 0 Å². The Bertz CT molecular complexity index is 503. The van der Waals surface area contributed by atoms with Crippen LogP contribution < -0.4 is 16.2 Å². The molecule has 5 N–H and O–H groups in total. The van der Waals surface area contributed by atoms with Gasteiger partial charge in [-0.15, -0.1) is 0 Å². The fourth-order valence-electron chi connectivity index (χ4n) is 1.44. The van der Waals surface area contributed by atoms with Crippen LogP contribution in [0.1, 0.15) is 13.8 Å². The summed E-state index contributed by atoms with van der Waals surface area (Å²) in [4.78, 5) is 0.0644. The first-order valence-electron chi connectivity index (χ1n) is 5.61. The number of sulfonamides is 1. The summed E-state index contributed by atoms with van der Waals surface area (Å²) in [5, 5.41) is 8.28. The number of hydrogen-bond acceptors (Lipinski definition) is 5. The van der Waals surface area contributed by atoms with Crippen LogP contribution in [0.25, 0.3) is 0 Å². The summed E-state index contributed by atoms with van der Waals surface area (Å²) in [6.07, 6.45) is 0. The van der Waals surface area contributed by atoms with Crippen LogP contribution in [0.3, 0.4) is 0 Å². The van der Waals surface area contributed by atoms with Gasteiger partial charge in [-0.1, -0.05) is 6.92 Å². The van der Waals surface area contributed by atoms with Gasteiger partial charge in [0.1, 0.15) is 0 Å². The van der Waals surface area contributed by atoms with E-state index in [0.29, 0.717) is 11.4 Å². The second kappa shape index (κ2) is 6.31. The van der Waals surface area contributed by atoms with Crippen molar-refractivity contribution >= 4 is 33.2 Å². The van der Waals surface area contributed by atoms with Crippen molar-refractivity contribution in [2.75, 3.05) is 22.6 Å². The van der Waals surface area contributed by atoms with Gasteiger partial charge in [-0.25, -0.2) is 13.6 Å². The van der Waals surface area contributed by atoms with Crippen LogP contribution in [0, 0.1) is 0 Å². The van der Waals surface area contributed by atoms with Gasteiger partial charge in [-0.3, -0.25) is 0 Å². The van der Waals surface area contributed by atoms with Gasteiger partial charge in [-0.2, -0.15) is 11.8 Å². The molecule has 1 atom stereocenters. The number of primary sulfonamides is 1. The average molecular weight is 289 g/mol. The van der Waals surface area contributed by atoms with Crippen molar-refractivity contribution in [3.8, 4) is 0 Å². The number of rotatable bonds is 6. The van der Waals surface area contributed by atoms with E-state index < -0.39 is 10.0 Å². The second-order valence-electron chi connectivity index (χ2n) is 4.00. The minimum absolute atomic E-state index is 0.0644. The normalized spacial score (nSPS) is 13.3. The highest BCUT2D eigenvalue weighted by Gasteiger charge is 2.11. The van der Waals surface area contributed by atoms with Gasteiger partial charge in [0.15, 0.2) is 0 Å². The van der Waals surface area contributed by atoms with Crippen LogP contribution in [-0.2, 0) is 10.0 Å². The van der Waals surface area contributed by atoms with Crippen LogP contribution in [0.5, 0.6) is 0 Å². The summed E-state index contributed by atoms with van der Waals surface area (Å²) in [7, 11) is -3.70. The Balaban J connectivity index is 2.88. The third-order valence-corrected chi connectivity index (χ3v) is 4.38. The Morgan fingerprint density at radius 1 is 1.44 bits per heavy atom. The standard InChI is InChI=1S/C11H19N3O2S2/c1-3-17-7-8(2)14-11-6-9(18(13,15)16)4-5-10(11)12/h4-6,8,14H,3,7,12H2,1-2H3,(H2,13,15,16). The highest BCUT2D eigenvalue weighted by Crippen LogP contribution is 2.23. The van der Waals surface area contributed by atoms with Crippen molar-refractivity contribution in [3.63, 3.8) is 0 Å². The number of anilines is 2. The number of benzene rings is 1. The molecule has 0 radical (unpaired) electrons. The molecule has 1 unspecified atom stereocenters. The van der Waals surface area contributed by atoms with E-state index in [9.17, 15) is 8.42 Å². The third-order valence-electron chi connectivity index (χ3n) is 2.33. The lowest BCUT2D eigenvalue weighted by molar-refractivity contribution is 0.598. The molecule has 0 fully saturated rings. The van der Waals surface area contributed by atoms with Crippen LogP contribution in [-0.4, -0.2) is 26.0 Å². The summed E-state index contributed by atoms with van der Waals surface area (Å²) < 4.78 is 22.5. The molecule has 0 aliphatic carbocycles. The molecule has 0 spiro atoms.